The Morgan fingerprint density at radius 3 is 1.14 bits per heavy atom. The Hall–Kier alpha value is -0.0400. The molecule has 42 valence electrons. The maximum atomic E-state index is 2.30. The molecule has 2 atom stereocenters. The van der Waals surface area contributed by atoms with Gasteiger partial charge in [0.05, 0.1) is 14.1 Å². The van der Waals surface area contributed by atoms with Gasteiger partial charge in [-0.2, -0.15) is 0 Å². The molecule has 0 aromatic carbocycles. The molecule has 0 bridgehead atoms. The van der Waals surface area contributed by atoms with E-state index in [0.29, 0.717) is 0 Å². The van der Waals surface area contributed by atoms with Crippen molar-refractivity contribution in [3.05, 3.63) is 0 Å². The standard InChI is InChI=1S/C6H14N/c1-5-6(2)7(5,3)4/h5-6H,1-4H3/q+1/t5-,6-/m1/s1. The van der Waals surface area contributed by atoms with Crippen LogP contribution in [-0.2, 0) is 0 Å². The van der Waals surface area contributed by atoms with Crippen LogP contribution in [0.2, 0.25) is 0 Å². The normalized spacial score (nSPS) is 46.3. The van der Waals surface area contributed by atoms with E-state index in [1.54, 1.807) is 0 Å². The van der Waals surface area contributed by atoms with Gasteiger partial charge in [0.2, 0.25) is 0 Å². The Bertz CT molecular complexity index is 76.2. The lowest BCUT2D eigenvalue weighted by Gasteiger charge is -2.02. The van der Waals surface area contributed by atoms with E-state index in [2.05, 4.69) is 27.9 Å². The van der Waals surface area contributed by atoms with E-state index in [1.807, 2.05) is 0 Å². The van der Waals surface area contributed by atoms with Crippen LogP contribution in [0.5, 0.6) is 0 Å². The van der Waals surface area contributed by atoms with Crippen LogP contribution in [0.15, 0.2) is 0 Å². The maximum Gasteiger partial charge on any atom is 0.138 e. The van der Waals surface area contributed by atoms with Gasteiger partial charge in [0.15, 0.2) is 0 Å². The third-order valence-corrected chi connectivity index (χ3v) is 2.71. The van der Waals surface area contributed by atoms with Crippen molar-refractivity contribution in [2.45, 2.75) is 25.9 Å². The molecule has 1 rings (SSSR count). The topological polar surface area (TPSA) is 0 Å². The lowest BCUT2D eigenvalue weighted by Crippen LogP contribution is -2.16. The number of nitrogens with zero attached hydrogens (tertiary/aromatic N) is 1. The molecule has 0 aromatic heterocycles. The highest BCUT2D eigenvalue weighted by molar-refractivity contribution is 4.75. The van der Waals surface area contributed by atoms with Crippen LogP contribution < -0.4 is 0 Å². The largest absolute Gasteiger partial charge is 0.314 e. The summed E-state index contributed by atoms with van der Waals surface area (Å²) in [5.74, 6) is 0. The zero-order chi connectivity index (χ0) is 5.65. The molecule has 1 nitrogen and oxygen atoms in total. The van der Waals surface area contributed by atoms with E-state index in [9.17, 15) is 0 Å². The highest BCUT2D eigenvalue weighted by Gasteiger charge is 2.53. The molecule has 0 aliphatic carbocycles. The highest BCUT2D eigenvalue weighted by atomic mass is 15.5. The van der Waals surface area contributed by atoms with Crippen LogP contribution in [0.25, 0.3) is 0 Å². The second kappa shape index (κ2) is 1.03. The Balaban J connectivity index is 2.52. The van der Waals surface area contributed by atoms with Gasteiger partial charge < -0.3 is 4.48 Å². The van der Waals surface area contributed by atoms with Crippen molar-refractivity contribution in [2.24, 2.45) is 0 Å². The number of hydrogen-bond donors (Lipinski definition) is 0. The average molecular weight is 100 g/mol. The number of hydrogen-bond acceptors (Lipinski definition) is 0. The molecule has 1 saturated heterocycles. The van der Waals surface area contributed by atoms with Crippen LogP contribution in [-0.4, -0.2) is 30.7 Å². The summed E-state index contributed by atoms with van der Waals surface area (Å²) < 4.78 is 1.22. The first-order valence-electron chi connectivity index (χ1n) is 2.90. The lowest BCUT2D eigenvalue weighted by atomic mass is 10.4. The van der Waals surface area contributed by atoms with E-state index in [4.69, 9.17) is 0 Å². The van der Waals surface area contributed by atoms with Gasteiger partial charge in [-0.05, 0) is 13.8 Å². The summed E-state index contributed by atoms with van der Waals surface area (Å²) in [7, 11) is 4.55. The summed E-state index contributed by atoms with van der Waals surface area (Å²) in [6.07, 6.45) is 0. The van der Waals surface area contributed by atoms with Gasteiger partial charge in [-0.25, -0.2) is 0 Å². The monoisotopic (exact) mass is 100 g/mol. The summed E-state index contributed by atoms with van der Waals surface area (Å²) in [6, 6.07) is 1.81. The minimum absolute atomic E-state index is 0.903. The molecule has 0 radical (unpaired) electrons. The zero-order valence-electron chi connectivity index (χ0n) is 5.60. The molecule has 0 N–H and O–H groups in total. The molecule has 1 heteroatoms. The lowest BCUT2D eigenvalue weighted by molar-refractivity contribution is -0.780. The average Bonchev–Trinajstić information content (AvgIpc) is 1.91. The minimum atomic E-state index is 0.903. The van der Waals surface area contributed by atoms with Crippen molar-refractivity contribution in [1.29, 1.82) is 0 Å². The fraction of sp³-hybridized carbons (Fsp3) is 1.00. The third-order valence-electron chi connectivity index (χ3n) is 2.71. The van der Waals surface area contributed by atoms with Gasteiger partial charge in [-0.3, -0.25) is 0 Å². The zero-order valence-corrected chi connectivity index (χ0v) is 5.60. The first-order valence-corrected chi connectivity index (χ1v) is 2.90. The van der Waals surface area contributed by atoms with Crippen molar-refractivity contribution < 1.29 is 4.48 Å². The molecule has 1 fully saturated rings. The molecule has 0 unspecified atom stereocenters. The smallest absolute Gasteiger partial charge is 0.138 e. The molecular formula is C6H14N+. The van der Waals surface area contributed by atoms with Gasteiger partial charge in [0, 0.05) is 0 Å². The SMILES string of the molecule is C[C@@H]1[C@@H](C)[N+]1(C)C. The Morgan fingerprint density at radius 2 is 1.14 bits per heavy atom. The van der Waals surface area contributed by atoms with E-state index in [0.717, 1.165) is 12.1 Å². The van der Waals surface area contributed by atoms with Crippen molar-refractivity contribution >= 4 is 0 Å². The molecule has 1 aliphatic heterocycles. The predicted octanol–water partition coefficient (Wildman–Crippen LogP) is 0.853. The highest BCUT2D eigenvalue weighted by Crippen LogP contribution is 2.33. The Kier molecular flexibility index (Phi) is 0.747. The molecule has 0 saturated carbocycles. The van der Waals surface area contributed by atoms with Crippen LogP contribution in [0, 0.1) is 0 Å². The molecular weight excluding hydrogens is 86.1 g/mol. The van der Waals surface area contributed by atoms with Gasteiger partial charge in [0.1, 0.15) is 12.1 Å². The Morgan fingerprint density at radius 1 is 1.00 bits per heavy atom. The van der Waals surface area contributed by atoms with Crippen LogP contribution in [0.1, 0.15) is 13.8 Å². The summed E-state index contributed by atoms with van der Waals surface area (Å²) >= 11 is 0. The van der Waals surface area contributed by atoms with Gasteiger partial charge in [-0.1, -0.05) is 0 Å². The second-order valence-corrected chi connectivity index (χ2v) is 3.11. The summed E-state index contributed by atoms with van der Waals surface area (Å²) in [6.45, 7) is 4.59. The molecule has 1 aliphatic rings. The number of rotatable bonds is 0. The van der Waals surface area contributed by atoms with Crippen molar-refractivity contribution in [3.8, 4) is 0 Å². The molecule has 1 heterocycles. The van der Waals surface area contributed by atoms with E-state index >= 15 is 0 Å². The van der Waals surface area contributed by atoms with Crippen molar-refractivity contribution in [2.75, 3.05) is 14.1 Å². The van der Waals surface area contributed by atoms with Crippen molar-refractivity contribution in [3.63, 3.8) is 0 Å². The van der Waals surface area contributed by atoms with E-state index in [-0.39, 0.29) is 0 Å². The van der Waals surface area contributed by atoms with Crippen molar-refractivity contribution in [1.82, 2.24) is 0 Å². The fourth-order valence-electron chi connectivity index (χ4n) is 1.05. The molecule has 0 spiro atoms. The molecule has 0 amide bonds. The Labute approximate surface area is 45.5 Å². The van der Waals surface area contributed by atoms with Gasteiger partial charge >= 0.3 is 0 Å². The first kappa shape index (κ1) is 5.10. The predicted molar refractivity (Wildman–Crippen MR) is 31.0 cm³/mol. The molecule has 7 heavy (non-hydrogen) atoms. The summed E-state index contributed by atoms with van der Waals surface area (Å²) in [5.41, 5.74) is 0. The van der Waals surface area contributed by atoms with Crippen LogP contribution in [0.3, 0.4) is 0 Å². The quantitative estimate of drug-likeness (QED) is 0.313. The summed E-state index contributed by atoms with van der Waals surface area (Å²) in [5, 5.41) is 0. The second-order valence-electron chi connectivity index (χ2n) is 3.11. The minimum Gasteiger partial charge on any atom is -0.314 e. The maximum absolute atomic E-state index is 2.30. The van der Waals surface area contributed by atoms with E-state index < -0.39 is 0 Å². The first-order chi connectivity index (χ1) is 3.07. The van der Waals surface area contributed by atoms with Gasteiger partial charge in [0.25, 0.3) is 0 Å². The third kappa shape index (κ3) is 0.480. The van der Waals surface area contributed by atoms with Crippen LogP contribution >= 0.6 is 0 Å². The fourth-order valence-corrected chi connectivity index (χ4v) is 1.05. The van der Waals surface area contributed by atoms with E-state index in [1.165, 1.54) is 4.48 Å². The van der Waals surface area contributed by atoms with Crippen LogP contribution in [0.4, 0.5) is 0 Å². The molecule has 0 aromatic rings. The summed E-state index contributed by atoms with van der Waals surface area (Å²) in [4.78, 5) is 0. The number of likely N-dealkylation sites (N-methyl/N-ethyl adjacent to an activating group) is 1. The number of quaternary nitrogens is 1. The van der Waals surface area contributed by atoms with Gasteiger partial charge in [-0.15, -0.1) is 0 Å².